The molecule has 0 unspecified atom stereocenters. The summed E-state index contributed by atoms with van der Waals surface area (Å²) in [6, 6.07) is 4.46. The standard InChI is InChI=1S/C13H13BrFIN6O2S/c1-25-13(17)18-4-5-23-12-10(21-24-22-12)11(20-16)19-7-2-3-9(15)8(14)6-7/h2-3,6H,4-5H2,1H3,(H2,17,18)(H,19,20). The molecule has 25 heavy (non-hydrogen) atoms. The molecular formula is C13H13BrFIN6O2S. The van der Waals surface area contributed by atoms with Gasteiger partial charge in [-0.15, -0.1) is 0 Å². The number of halogens is 3. The fourth-order valence-electron chi connectivity index (χ4n) is 1.61. The summed E-state index contributed by atoms with van der Waals surface area (Å²) < 4.78 is 28.0. The fraction of sp³-hybridized carbons (Fsp3) is 0.231. The summed E-state index contributed by atoms with van der Waals surface area (Å²) in [5.41, 5.74) is 6.49. The van der Waals surface area contributed by atoms with E-state index in [1.807, 2.05) is 6.26 Å². The normalized spacial score (nSPS) is 12.3. The molecule has 1 aromatic heterocycles. The second kappa shape index (κ2) is 9.91. The summed E-state index contributed by atoms with van der Waals surface area (Å²) in [6.45, 7) is 0.618. The van der Waals surface area contributed by atoms with Crippen LogP contribution in [0, 0.1) is 5.82 Å². The SMILES string of the molecule is CS/C(N)=N\CCOc1nonc1/C(=N/I)Nc1ccc(F)c(Br)c1. The zero-order valence-corrected chi connectivity index (χ0v) is 17.4. The van der Waals surface area contributed by atoms with Gasteiger partial charge < -0.3 is 15.8 Å². The lowest BCUT2D eigenvalue weighted by molar-refractivity contribution is 0.260. The summed E-state index contributed by atoms with van der Waals surface area (Å²) >= 11 is 6.28. The number of aromatic nitrogens is 2. The van der Waals surface area contributed by atoms with E-state index >= 15 is 0 Å². The van der Waals surface area contributed by atoms with Crippen LogP contribution in [0.25, 0.3) is 0 Å². The molecule has 0 bridgehead atoms. The molecule has 2 aromatic rings. The Morgan fingerprint density at radius 2 is 2.32 bits per heavy atom. The van der Waals surface area contributed by atoms with Gasteiger partial charge in [0, 0.05) is 5.69 Å². The second-order valence-corrected chi connectivity index (χ2v) is 6.54. The van der Waals surface area contributed by atoms with Crippen molar-refractivity contribution < 1.29 is 13.8 Å². The van der Waals surface area contributed by atoms with Crippen LogP contribution < -0.4 is 15.8 Å². The molecule has 1 heterocycles. The maximum absolute atomic E-state index is 13.3. The van der Waals surface area contributed by atoms with Crippen LogP contribution in [0.4, 0.5) is 10.1 Å². The summed E-state index contributed by atoms with van der Waals surface area (Å²) in [6.07, 6.45) is 1.84. The van der Waals surface area contributed by atoms with Gasteiger partial charge in [0.05, 0.1) is 33.9 Å². The number of anilines is 1. The number of ether oxygens (including phenoxy) is 1. The Bertz CT molecular complexity index is 788. The average molecular weight is 543 g/mol. The third kappa shape index (κ3) is 5.81. The highest BCUT2D eigenvalue weighted by atomic mass is 127. The van der Waals surface area contributed by atoms with Crippen LogP contribution in [0.3, 0.4) is 0 Å². The number of nitrogens with one attached hydrogen (secondary N) is 1. The topological polar surface area (TPSA) is 111 Å². The Balaban J connectivity index is 2.06. The van der Waals surface area contributed by atoms with Gasteiger partial charge in [-0.05, 0) is 50.7 Å². The zero-order chi connectivity index (χ0) is 18.2. The van der Waals surface area contributed by atoms with E-state index in [9.17, 15) is 4.39 Å². The molecule has 0 aliphatic heterocycles. The molecule has 0 aliphatic rings. The number of hydrogen-bond acceptors (Lipinski definition) is 7. The van der Waals surface area contributed by atoms with Crippen LogP contribution in [0.2, 0.25) is 0 Å². The van der Waals surface area contributed by atoms with E-state index in [0.29, 0.717) is 27.7 Å². The molecular weight excluding hydrogens is 530 g/mol. The minimum atomic E-state index is -0.365. The van der Waals surface area contributed by atoms with Crippen LogP contribution in [-0.4, -0.2) is 40.7 Å². The largest absolute Gasteiger partial charge is 0.472 e. The van der Waals surface area contributed by atoms with Gasteiger partial charge in [-0.1, -0.05) is 11.8 Å². The third-order valence-corrected chi connectivity index (χ3v) is 4.39. The molecule has 0 saturated carbocycles. The van der Waals surface area contributed by atoms with Crippen LogP contribution in [0.15, 0.2) is 35.5 Å². The lowest BCUT2D eigenvalue weighted by Gasteiger charge is -2.08. The molecule has 1 aromatic carbocycles. The number of thioether (sulfide) groups is 1. The van der Waals surface area contributed by atoms with Gasteiger partial charge in [-0.25, -0.2) is 9.02 Å². The summed E-state index contributed by atoms with van der Waals surface area (Å²) in [5, 5.41) is 11.0. The van der Waals surface area contributed by atoms with Crippen molar-refractivity contribution in [3.8, 4) is 5.88 Å². The predicted octanol–water partition coefficient (Wildman–Crippen LogP) is 3.24. The minimum Gasteiger partial charge on any atom is -0.472 e. The number of aliphatic imine (C=N–C) groups is 1. The smallest absolute Gasteiger partial charge is 0.287 e. The van der Waals surface area contributed by atoms with Crippen molar-refractivity contribution in [1.29, 1.82) is 0 Å². The van der Waals surface area contributed by atoms with E-state index in [1.165, 1.54) is 17.8 Å². The zero-order valence-electron chi connectivity index (χ0n) is 12.9. The van der Waals surface area contributed by atoms with Crippen LogP contribution >= 0.6 is 50.6 Å². The highest BCUT2D eigenvalue weighted by Crippen LogP contribution is 2.22. The van der Waals surface area contributed by atoms with Crippen molar-refractivity contribution >= 4 is 67.2 Å². The number of hydrogen-bond donors (Lipinski definition) is 2. The molecule has 0 fully saturated rings. The molecule has 2 rings (SSSR count). The average Bonchev–Trinajstić information content (AvgIpc) is 3.07. The van der Waals surface area contributed by atoms with Crippen molar-refractivity contribution in [2.75, 3.05) is 24.7 Å². The first-order valence-corrected chi connectivity index (χ1v) is 9.74. The molecule has 0 radical (unpaired) electrons. The van der Waals surface area contributed by atoms with Crippen LogP contribution in [-0.2, 0) is 0 Å². The van der Waals surface area contributed by atoms with E-state index in [4.69, 9.17) is 15.1 Å². The van der Waals surface area contributed by atoms with Gasteiger partial charge in [-0.3, -0.25) is 4.99 Å². The van der Waals surface area contributed by atoms with E-state index < -0.39 is 0 Å². The van der Waals surface area contributed by atoms with Gasteiger partial charge in [0.1, 0.15) is 12.4 Å². The van der Waals surface area contributed by atoms with Crippen molar-refractivity contribution in [3.63, 3.8) is 0 Å². The Labute approximate surface area is 169 Å². The van der Waals surface area contributed by atoms with E-state index in [-0.39, 0.29) is 24.0 Å². The van der Waals surface area contributed by atoms with Gasteiger partial charge >= 0.3 is 0 Å². The first kappa shape index (κ1) is 19.9. The Morgan fingerprint density at radius 3 is 3.00 bits per heavy atom. The first-order chi connectivity index (χ1) is 12.0. The molecule has 0 saturated heterocycles. The predicted molar refractivity (Wildman–Crippen MR) is 108 cm³/mol. The second-order valence-electron chi connectivity index (χ2n) is 4.38. The minimum absolute atomic E-state index is 0.169. The monoisotopic (exact) mass is 542 g/mol. The third-order valence-electron chi connectivity index (χ3n) is 2.76. The maximum Gasteiger partial charge on any atom is 0.287 e. The van der Waals surface area contributed by atoms with Gasteiger partial charge in [0.25, 0.3) is 5.88 Å². The maximum atomic E-state index is 13.3. The van der Waals surface area contributed by atoms with Crippen molar-refractivity contribution in [1.82, 2.24) is 10.3 Å². The van der Waals surface area contributed by atoms with Crippen molar-refractivity contribution in [2.45, 2.75) is 0 Å². The molecule has 134 valence electrons. The highest BCUT2D eigenvalue weighted by Gasteiger charge is 2.18. The molecule has 3 N–H and O–H groups in total. The van der Waals surface area contributed by atoms with Gasteiger partial charge in [0.2, 0.25) is 5.69 Å². The van der Waals surface area contributed by atoms with E-state index in [1.54, 1.807) is 35.0 Å². The van der Waals surface area contributed by atoms with E-state index in [2.05, 4.69) is 39.8 Å². The molecule has 12 heteroatoms. The Kier molecular flexibility index (Phi) is 7.90. The van der Waals surface area contributed by atoms with Crippen molar-refractivity contribution in [2.24, 2.45) is 13.9 Å². The lowest BCUT2D eigenvalue weighted by atomic mass is 10.3. The summed E-state index contributed by atoms with van der Waals surface area (Å²) in [5.74, 6) is 0.153. The summed E-state index contributed by atoms with van der Waals surface area (Å²) in [4.78, 5) is 4.09. The Morgan fingerprint density at radius 1 is 1.52 bits per heavy atom. The van der Waals surface area contributed by atoms with Crippen LogP contribution in [0.1, 0.15) is 5.69 Å². The number of benzene rings is 1. The van der Waals surface area contributed by atoms with Gasteiger partial charge in [-0.2, -0.15) is 3.21 Å². The lowest BCUT2D eigenvalue weighted by Crippen LogP contribution is -2.16. The molecule has 0 atom stereocenters. The highest BCUT2D eigenvalue weighted by molar-refractivity contribution is 14.1. The fourth-order valence-corrected chi connectivity index (χ4v) is 2.56. The number of nitrogens with two attached hydrogens (primary N) is 1. The van der Waals surface area contributed by atoms with Crippen molar-refractivity contribution in [3.05, 3.63) is 34.2 Å². The quantitative estimate of drug-likeness (QED) is 0.249. The number of amidine groups is 2. The molecule has 0 spiro atoms. The number of rotatable bonds is 6. The summed E-state index contributed by atoms with van der Waals surface area (Å²) in [7, 11) is 0. The van der Waals surface area contributed by atoms with Gasteiger partial charge in [0.15, 0.2) is 11.0 Å². The molecule has 0 amide bonds. The molecule has 0 aliphatic carbocycles. The van der Waals surface area contributed by atoms with Crippen LogP contribution in [0.5, 0.6) is 5.88 Å². The van der Waals surface area contributed by atoms with E-state index in [0.717, 1.165) is 0 Å². The first-order valence-electron chi connectivity index (χ1n) is 6.75. The molecule has 8 nitrogen and oxygen atoms in total. The Hall–Kier alpha value is -1.41. The number of nitrogens with zero attached hydrogens (tertiary/aromatic N) is 4.